The van der Waals surface area contributed by atoms with Crippen molar-refractivity contribution in [2.45, 2.75) is 39.8 Å². The van der Waals surface area contributed by atoms with Gasteiger partial charge in [-0.15, -0.1) is 0 Å². The van der Waals surface area contributed by atoms with Crippen molar-refractivity contribution in [3.8, 4) is 0 Å². The fraction of sp³-hybridized carbons (Fsp3) is 0.857. The molecule has 3 unspecified atom stereocenters. The summed E-state index contributed by atoms with van der Waals surface area (Å²) in [6, 6.07) is 0.245. The highest BCUT2D eigenvalue weighted by Crippen LogP contribution is 2.27. The van der Waals surface area contributed by atoms with E-state index in [2.05, 4.69) is 48.8 Å². The molecule has 0 aromatic carbocycles. The van der Waals surface area contributed by atoms with Gasteiger partial charge in [0.1, 0.15) is 0 Å². The van der Waals surface area contributed by atoms with Crippen LogP contribution in [0.5, 0.6) is 0 Å². The molecule has 0 aliphatic carbocycles. The molecule has 0 aromatic heterocycles. The van der Waals surface area contributed by atoms with Gasteiger partial charge in [0.15, 0.2) is 0 Å². The molecule has 2 saturated heterocycles. The number of fused-ring (bicyclic) bond motifs is 1. The third kappa shape index (κ3) is 3.12. The van der Waals surface area contributed by atoms with E-state index in [0.29, 0.717) is 25.0 Å². The summed E-state index contributed by atoms with van der Waals surface area (Å²) in [5.74, 6) is 0.149. The molecule has 2 heterocycles. The van der Waals surface area contributed by atoms with Gasteiger partial charge < -0.3 is 5.32 Å². The molecule has 0 radical (unpaired) electrons. The van der Waals surface area contributed by atoms with Gasteiger partial charge >= 0.3 is 0 Å². The summed E-state index contributed by atoms with van der Waals surface area (Å²) in [7, 11) is 0. The lowest BCUT2D eigenvalue weighted by molar-refractivity contribution is -0.130. The number of nitrogens with one attached hydrogen (secondary N) is 3. The van der Waals surface area contributed by atoms with Crippen molar-refractivity contribution >= 4 is 11.8 Å². The average molecular weight is 282 g/mol. The van der Waals surface area contributed by atoms with Crippen molar-refractivity contribution in [3.63, 3.8) is 0 Å². The molecule has 0 spiro atoms. The van der Waals surface area contributed by atoms with Gasteiger partial charge in [0.2, 0.25) is 11.8 Å². The average Bonchev–Trinajstić information content (AvgIpc) is 2.76. The summed E-state index contributed by atoms with van der Waals surface area (Å²) in [6.07, 6.45) is 0. The van der Waals surface area contributed by atoms with Crippen molar-refractivity contribution < 1.29 is 9.59 Å². The Morgan fingerprint density at radius 1 is 1.35 bits per heavy atom. The van der Waals surface area contributed by atoms with Gasteiger partial charge in [0.05, 0.1) is 17.9 Å². The summed E-state index contributed by atoms with van der Waals surface area (Å²) >= 11 is 0. The predicted molar refractivity (Wildman–Crippen MR) is 76.6 cm³/mol. The zero-order valence-corrected chi connectivity index (χ0v) is 12.8. The number of hydrogen-bond donors (Lipinski definition) is 3. The zero-order chi connectivity index (χ0) is 14.9. The van der Waals surface area contributed by atoms with Crippen LogP contribution in [0, 0.1) is 17.8 Å². The Labute approximate surface area is 120 Å². The van der Waals surface area contributed by atoms with Gasteiger partial charge in [-0.2, -0.15) is 0 Å². The summed E-state index contributed by atoms with van der Waals surface area (Å²) < 4.78 is 0. The standard InChI is InChI=1S/C14H26N4O2/c1-8(2)5-15-13(19)10-6-18(9(3)4)7-11-12(10)16-17-14(11)20/h8-12,16H,5-7H2,1-4H3,(H,15,19)(H,17,20). The van der Waals surface area contributed by atoms with Crippen LogP contribution in [-0.4, -0.2) is 48.4 Å². The molecule has 0 bridgehead atoms. The summed E-state index contributed by atoms with van der Waals surface area (Å²) in [5.41, 5.74) is 5.67. The number of nitrogens with zero attached hydrogens (tertiary/aromatic N) is 1. The van der Waals surface area contributed by atoms with Crippen LogP contribution in [0.4, 0.5) is 0 Å². The van der Waals surface area contributed by atoms with Crippen molar-refractivity contribution in [1.82, 2.24) is 21.1 Å². The van der Waals surface area contributed by atoms with Gasteiger partial charge in [0.25, 0.3) is 0 Å². The third-order valence-corrected chi connectivity index (χ3v) is 4.18. The first-order chi connectivity index (χ1) is 9.40. The molecule has 6 nitrogen and oxygen atoms in total. The van der Waals surface area contributed by atoms with Crippen LogP contribution in [-0.2, 0) is 9.59 Å². The number of likely N-dealkylation sites (tertiary alicyclic amines) is 1. The first kappa shape index (κ1) is 15.3. The lowest BCUT2D eigenvalue weighted by Gasteiger charge is -2.40. The Morgan fingerprint density at radius 2 is 2.05 bits per heavy atom. The number of carbonyl (C=O) groups is 2. The number of amides is 2. The number of hydrazine groups is 1. The minimum Gasteiger partial charge on any atom is -0.356 e. The molecule has 2 amide bonds. The van der Waals surface area contributed by atoms with E-state index in [1.807, 2.05) is 0 Å². The van der Waals surface area contributed by atoms with Gasteiger partial charge in [-0.3, -0.25) is 19.9 Å². The topological polar surface area (TPSA) is 73.5 Å². The molecular weight excluding hydrogens is 256 g/mol. The van der Waals surface area contributed by atoms with Crippen molar-refractivity contribution in [1.29, 1.82) is 0 Å². The molecule has 3 atom stereocenters. The van der Waals surface area contributed by atoms with E-state index in [-0.39, 0.29) is 29.7 Å². The minimum atomic E-state index is -0.186. The van der Waals surface area contributed by atoms with E-state index >= 15 is 0 Å². The maximum atomic E-state index is 12.4. The number of rotatable bonds is 4. The second kappa shape index (κ2) is 6.10. The predicted octanol–water partition coefficient (Wildman–Crippen LogP) is -0.282. The van der Waals surface area contributed by atoms with Crippen LogP contribution in [0.15, 0.2) is 0 Å². The molecule has 2 fully saturated rings. The van der Waals surface area contributed by atoms with Crippen LogP contribution in [0.1, 0.15) is 27.7 Å². The highest BCUT2D eigenvalue weighted by atomic mass is 16.2. The Balaban J connectivity index is 2.08. The van der Waals surface area contributed by atoms with Gasteiger partial charge in [-0.05, 0) is 19.8 Å². The summed E-state index contributed by atoms with van der Waals surface area (Å²) in [6.45, 7) is 10.4. The largest absolute Gasteiger partial charge is 0.356 e. The number of carbonyl (C=O) groups excluding carboxylic acids is 2. The molecule has 3 N–H and O–H groups in total. The second-order valence-electron chi connectivity index (χ2n) is 6.56. The fourth-order valence-electron chi connectivity index (χ4n) is 2.89. The molecule has 2 rings (SSSR count). The van der Waals surface area contributed by atoms with E-state index in [1.54, 1.807) is 0 Å². The van der Waals surface area contributed by atoms with Crippen LogP contribution in [0.25, 0.3) is 0 Å². The van der Waals surface area contributed by atoms with Crippen LogP contribution >= 0.6 is 0 Å². The number of piperidine rings is 1. The Kier molecular flexibility index (Phi) is 4.65. The Morgan fingerprint density at radius 3 is 2.65 bits per heavy atom. The third-order valence-electron chi connectivity index (χ3n) is 4.18. The maximum Gasteiger partial charge on any atom is 0.240 e. The molecule has 20 heavy (non-hydrogen) atoms. The Hall–Kier alpha value is -1.14. The fourth-order valence-corrected chi connectivity index (χ4v) is 2.89. The molecule has 2 aliphatic heterocycles. The number of hydrogen-bond acceptors (Lipinski definition) is 4. The highest BCUT2D eigenvalue weighted by Gasteiger charge is 2.47. The molecule has 0 aromatic rings. The van der Waals surface area contributed by atoms with Crippen LogP contribution in [0.3, 0.4) is 0 Å². The summed E-state index contributed by atoms with van der Waals surface area (Å²) in [5, 5.41) is 2.99. The second-order valence-corrected chi connectivity index (χ2v) is 6.56. The molecule has 6 heteroatoms. The van der Waals surface area contributed by atoms with Crippen molar-refractivity contribution in [3.05, 3.63) is 0 Å². The van der Waals surface area contributed by atoms with E-state index in [9.17, 15) is 9.59 Å². The highest BCUT2D eigenvalue weighted by molar-refractivity contribution is 5.85. The quantitative estimate of drug-likeness (QED) is 0.663. The molecule has 0 saturated carbocycles. The van der Waals surface area contributed by atoms with Crippen LogP contribution < -0.4 is 16.2 Å². The van der Waals surface area contributed by atoms with E-state index in [1.165, 1.54) is 0 Å². The minimum absolute atomic E-state index is 0.00186. The molecule has 114 valence electrons. The maximum absolute atomic E-state index is 12.4. The SMILES string of the molecule is CC(C)CNC(=O)C1CN(C(C)C)CC2C(=O)NNC12. The normalized spacial score (nSPS) is 30.5. The van der Waals surface area contributed by atoms with E-state index in [4.69, 9.17) is 0 Å². The summed E-state index contributed by atoms with van der Waals surface area (Å²) in [4.78, 5) is 26.5. The monoisotopic (exact) mass is 282 g/mol. The molecular formula is C14H26N4O2. The first-order valence-corrected chi connectivity index (χ1v) is 7.47. The van der Waals surface area contributed by atoms with Crippen LogP contribution in [0.2, 0.25) is 0 Å². The van der Waals surface area contributed by atoms with E-state index in [0.717, 1.165) is 6.54 Å². The molecule has 2 aliphatic rings. The first-order valence-electron chi connectivity index (χ1n) is 7.47. The lowest BCUT2D eigenvalue weighted by atomic mass is 9.83. The van der Waals surface area contributed by atoms with Crippen molar-refractivity contribution in [2.75, 3.05) is 19.6 Å². The van der Waals surface area contributed by atoms with Crippen molar-refractivity contribution in [2.24, 2.45) is 17.8 Å². The van der Waals surface area contributed by atoms with E-state index < -0.39 is 0 Å². The van der Waals surface area contributed by atoms with Gasteiger partial charge in [-0.25, -0.2) is 5.43 Å². The Bertz CT molecular complexity index is 383. The smallest absolute Gasteiger partial charge is 0.240 e. The van der Waals surface area contributed by atoms with Gasteiger partial charge in [0, 0.05) is 25.7 Å². The zero-order valence-electron chi connectivity index (χ0n) is 12.8. The van der Waals surface area contributed by atoms with Gasteiger partial charge in [-0.1, -0.05) is 13.8 Å². The lowest BCUT2D eigenvalue weighted by Crippen LogP contribution is -2.58.